The van der Waals surface area contributed by atoms with Gasteiger partial charge in [0.2, 0.25) is 11.8 Å². The first kappa shape index (κ1) is 31.2. The number of benzene rings is 2. The van der Waals surface area contributed by atoms with Crippen LogP contribution in [0.5, 0.6) is 23.0 Å². The Balaban J connectivity index is 1.48. The van der Waals surface area contributed by atoms with Crippen LogP contribution < -0.4 is 34.9 Å². The normalized spacial score (nSPS) is 11.0. The number of hydrogen-bond acceptors (Lipinski definition) is 7. The summed E-state index contributed by atoms with van der Waals surface area (Å²) in [6.45, 7) is 3.02. The molecule has 0 spiro atoms. The molecule has 0 radical (unpaired) electrons. The molecule has 39 heavy (non-hydrogen) atoms. The molecular weight excluding hydrogens is 498 g/mol. The monoisotopic (exact) mass is 539 g/mol. The largest absolute Gasteiger partial charge is 0.493 e. The quantitative estimate of drug-likeness (QED) is 0.195. The van der Waals surface area contributed by atoms with E-state index in [1.54, 1.807) is 52.7 Å². The van der Waals surface area contributed by atoms with Crippen molar-refractivity contribution >= 4 is 24.0 Å². The number of ether oxygens (including phenoxy) is 4. The molecule has 0 saturated carbocycles. The zero-order valence-corrected chi connectivity index (χ0v) is 23.4. The van der Waals surface area contributed by atoms with Crippen LogP contribution in [-0.2, 0) is 9.59 Å². The van der Waals surface area contributed by atoms with Crippen LogP contribution in [-0.4, -0.2) is 66.4 Å². The van der Waals surface area contributed by atoms with E-state index in [4.69, 9.17) is 18.9 Å². The van der Waals surface area contributed by atoms with Crippen molar-refractivity contribution in [1.29, 1.82) is 0 Å². The summed E-state index contributed by atoms with van der Waals surface area (Å²) in [6, 6.07) is 11.0. The Bertz CT molecular complexity index is 1010. The molecule has 0 atom stereocenters. The fourth-order valence-electron chi connectivity index (χ4n) is 3.67. The molecule has 0 aromatic heterocycles. The van der Waals surface area contributed by atoms with Crippen LogP contribution >= 0.6 is 0 Å². The number of amides is 2. The summed E-state index contributed by atoms with van der Waals surface area (Å²) >= 11 is 0. The third kappa shape index (κ3) is 12.0. The van der Waals surface area contributed by atoms with Gasteiger partial charge < -0.3 is 34.9 Å². The van der Waals surface area contributed by atoms with E-state index in [1.807, 2.05) is 24.3 Å². The maximum Gasteiger partial charge on any atom is 0.243 e. The van der Waals surface area contributed by atoms with Crippen LogP contribution in [0.4, 0.5) is 0 Å². The van der Waals surface area contributed by atoms with Crippen molar-refractivity contribution in [2.75, 3.05) is 54.6 Å². The lowest BCUT2D eigenvalue weighted by Gasteiger charge is -2.08. The minimum atomic E-state index is -0.127. The Morgan fingerprint density at radius 1 is 0.590 bits per heavy atom. The molecule has 9 nitrogen and oxygen atoms in total. The number of carbonyl (C=O) groups excluding carboxylic acids is 2. The second-order valence-corrected chi connectivity index (χ2v) is 8.64. The topological polar surface area (TPSA) is 107 Å². The number of rotatable bonds is 18. The average Bonchev–Trinajstić information content (AvgIpc) is 2.97. The average molecular weight is 540 g/mol. The minimum absolute atomic E-state index is 0.127. The molecule has 2 amide bonds. The maximum absolute atomic E-state index is 12.0. The fourth-order valence-corrected chi connectivity index (χ4v) is 3.67. The first-order chi connectivity index (χ1) is 19.0. The van der Waals surface area contributed by atoms with Crippen LogP contribution in [0.2, 0.25) is 0 Å². The summed E-state index contributed by atoms with van der Waals surface area (Å²) in [5.41, 5.74) is 1.72. The van der Waals surface area contributed by atoms with Crippen LogP contribution in [0.1, 0.15) is 36.8 Å². The van der Waals surface area contributed by atoms with Gasteiger partial charge in [0.05, 0.1) is 28.4 Å². The summed E-state index contributed by atoms with van der Waals surface area (Å²) in [5, 5.41) is 9.19. The van der Waals surface area contributed by atoms with E-state index in [0.29, 0.717) is 36.1 Å². The van der Waals surface area contributed by atoms with Crippen LogP contribution in [0.15, 0.2) is 48.6 Å². The van der Waals surface area contributed by atoms with Gasteiger partial charge in [0, 0.05) is 25.2 Å². The number of hydrogen-bond donors (Lipinski definition) is 3. The molecule has 2 aromatic carbocycles. The van der Waals surface area contributed by atoms with Crippen molar-refractivity contribution in [3.8, 4) is 23.0 Å². The summed E-state index contributed by atoms with van der Waals surface area (Å²) in [4.78, 5) is 24.1. The zero-order chi connectivity index (χ0) is 28.3. The summed E-state index contributed by atoms with van der Waals surface area (Å²) in [7, 11) is 6.33. The predicted octanol–water partition coefficient (Wildman–Crippen LogP) is 3.83. The van der Waals surface area contributed by atoms with Gasteiger partial charge >= 0.3 is 0 Å². The Kier molecular flexibility index (Phi) is 14.7. The van der Waals surface area contributed by atoms with Gasteiger partial charge in [-0.1, -0.05) is 12.1 Å². The maximum atomic E-state index is 12.0. The van der Waals surface area contributed by atoms with Crippen molar-refractivity contribution in [3.63, 3.8) is 0 Å². The standard InChI is InChI=1S/C30H41N3O6/c1-36-25-13-9-23(21-27(25)38-3)11-15-29(34)32-19-7-5-17-31-18-6-8-20-33-30(35)16-12-24-10-14-26(37-2)28(22-24)39-4/h9-16,21-22,31H,5-8,17-20H2,1-4H3,(H,32,34)(H,33,35)/b15-11+,16-12+. The van der Waals surface area contributed by atoms with Crippen LogP contribution in [0, 0.1) is 0 Å². The van der Waals surface area contributed by atoms with Gasteiger partial charge in [-0.05, 0) is 86.3 Å². The fraction of sp³-hybridized carbons (Fsp3) is 0.400. The first-order valence-corrected chi connectivity index (χ1v) is 13.1. The van der Waals surface area contributed by atoms with Crippen LogP contribution in [0.25, 0.3) is 12.2 Å². The molecule has 0 aliphatic heterocycles. The molecule has 0 aliphatic rings. The molecule has 212 valence electrons. The molecule has 2 aromatic rings. The van der Waals surface area contributed by atoms with Gasteiger partial charge in [-0.3, -0.25) is 9.59 Å². The minimum Gasteiger partial charge on any atom is -0.493 e. The second kappa shape index (κ2) is 18.3. The Morgan fingerprint density at radius 2 is 0.974 bits per heavy atom. The van der Waals surface area contributed by atoms with Crippen molar-refractivity contribution in [1.82, 2.24) is 16.0 Å². The third-order valence-electron chi connectivity index (χ3n) is 5.83. The van der Waals surface area contributed by atoms with Gasteiger partial charge in [-0.15, -0.1) is 0 Å². The highest BCUT2D eigenvalue weighted by atomic mass is 16.5. The number of nitrogens with one attached hydrogen (secondary N) is 3. The van der Waals surface area contributed by atoms with Crippen LogP contribution in [0.3, 0.4) is 0 Å². The molecule has 0 aliphatic carbocycles. The Hall–Kier alpha value is -3.98. The highest BCUT2D eigenvalue weighted by molar-refractivity contribution is 5.92. The van der Waals surface area contributed by atoms with E-state index in [-0.39, 0.29) is 11.8 Å². The van der Waals surface area contributed by atoms with Gasteiger partial charge in [0.15, 0.2) is 23.0 Å². The summed E-state index contributed by atoms with van der Waals surface area (Å²) < 4.78 is 21.0. The van der Waals surface area contributed by atoms with Crippen molar-refractivity contribution < 1.29 is 28.5 Å². The molecular formula is C30H41N3O6. The SMILES string of the molecule is COc1ccc(/C=C/C(=O)NCCCCNCCCCNC(=O)/C=C/c2ccc(OC)c(OC)c2)cc1OC. The van der Waals surface area contributed by atoms with Gasteiger partial charge in [0.1, 0.15) is 0 Å². The predicted molar refractivity (Wildman–Crippen MR) is 155 cm³/mol. The Labute approximate surface area is 231 Å². The lowest BCUT2D eigenvalue weighted by Crippen LogP contribution is -2.25. The molecule has 0 fully saturated rings. The molecule has 0 saturated heterocycles. The van der Waals surface area contributed by atoms with E-state index in [9.17, 15) is 9.59 Å². The van der Waals surface area contributed by atoms with Gasteiger partial charge in [-0.25, -0.2) is 0 Å². The molecule has 9 heteroatoms. The number of unbranched alkanes of at least 4 members (excludes halogenated alkanes) is 2. The highest BCUT2D eigenvalue weighted by Gasteiger charge is 2.04. The van der Waals surface area contributed by atoms with Crippen molar-refractivity contribution in [3.05, 3.63) is 59.7 Å². The third-order valence-corrected chi connectivity index (χ3v) is 5.83. The lowest BCUT2D eigenvalue weighted by atomic mass is 10.2. The molecule has 0 unspecified atom stereocenters. The van der Waals surface area contributed by atoms with Crippen molar-refractivity contribution in [2.24, 2.45) is 0 Å². The second-order valence-electron chi connectivity index (χ2n) is 8.64. The zero-order valence-electron chi connectivity index (χ0n) is 23.4. The van der Waals surface area contributed by atoms with E-state index in [0.717, 1.165) is 49.9 Å². The van der Waals surface area contributed by atoms with Gasteiger partial charge in [0.25, 0.3) is 0 Å². The molecule has 3 N–H and O–H groups in total. The first-order valence-electron chi connectivity index (χ1n) is 13.1. The lowest BCUT2D eigenvalue weighted by molar-refractivity contribution is -0.117. The smallest absolute Gasteiger partial charge is 0.243 e. The molecule has 0 heterocycles. The highest BCUT2D eigenvalue weighted by Crippen LogP contribution is 2.28. The van der Waals surface area contributed by atoms with Crippen molar-refractivity contribution in [2.45, 2.75) is 25.7 Å². The number of carbonyl (C=O) groups is 2. The molecule has 2 rings (SSSR count). The summed E-state index contributed by atoms with van der Waals surface area (Å²) in [5.74, 6) is 2.29. The summed E-state index contributed by atoms with van der Waals surface area (Å²) in [6.07, 6.45) is 10.3. The molecule has 0 bridgehead atoms. The van der Waals surface area contributed by atoms with E-state index >= 15 is 0 Å². The Morgan fingerprint density at radius 3 is 1.36 bits per heavy atom. The van der Waals surface area contributed by atoms with E-state index in [1.165, 1.54) is 12.2 Å². The van der Waals surface area contributed by atoms with Gasteiger partial charge in [-0.2, -0.15) is 0 Å². The van der Waals surface area contributed by atoms with E-state index < -0.39 is 0 Å². The van der Waals surface area contributed by atoms with E-state index in [2.05, 4.69) is 16.0 Å². The number of methoxy groups -OCH3 is 4.